The highest BCUT2D eigenvalue weighted by molar-refractivity contribution is 6.07. The van der Waals surface area contributed by atoms with Crippen LogP contribution in [0.4, 0.5) is 34.1 Å². The summed E-state index contributed by atoms with van der Waals surface area (Å²) in [6, 6.07) is 39.4. The van der Waals surface area contributed by atoms with E-state index in [2.05, 4.69) is 31.1 Å². The lowest BCUT2D eigenvalue weighted by atomic mass is 10.1. The van der Waals surface area contributed by atoms with Crippen LogP contribution in [0.2, 0.25) is 0 Å². The van der Waals surface area contributed by atoms with Crippen molar-refractivity contribution in [1.29, 1.82) is 0 Å². The minimum Gasteiger partial charge on any atom is -0.322 e. The van der Waals surface area contributed by atoms with Crippen LogP contribution < -0.4 is 10.6 Å². The fourth-order valence-corrected chi connectivity index (χ4v) is 3.62. The lowest BCUT2D eigenvalue weighted by molar-refractivity contribution is 0.101. The van der Waals surface area contributed by atoms with Crippen LogP contribution >= 0.6 is 0 Å². The topological polar surface area (TPSA) is 108 Å². The normalized spacial score (nSPS) is 11.0. The van der Waals surface area contributed by atoms with Gasteiger partial charge in [0.05, 0.1) is 22.7 Å². The summed E-state index contributed by atoms with van der Waals surface area (Å²) < 4.78 is 0. The zero-order valence-corrected chi connectivity index (χ0v) is 21.3. The molecule has 5 aromatic rings. The number of benzene rings is 5. The highest BCUT2D eigenvalue weighted by Crippen LogP contribution is 2.22. The Balaban J connectivity index is 1.14. The molecule has 0 saturated carbocycles. The second kappa shape index (κ2) is 12.7. The lowest BCUT2D eigenvalue weighted by Crippen LogP contribution is -2.14. The first-order valence-corrected chi connectivity index (χ1v) is 12.5. The fourth-order valence-electron chi connectivity index (χ4n) is 3.62. The smallest absolute Gasteiger partial charge is 0.255 e. The standard InChI is InChI=1S/C32H24N6O2/c39-31(33-25-15-19-29(20-16-25)37-35-27-7-3-1-4-8-27)23-11-13-24(14-12-23)32(40)34-26-17-21-30(22-18-26)38-36-28-9-5-2-6-10-28/h1-22H,(H,33,39)(H,34,40)/b37-35+,38-36+. The molecule has 0 aromatic heterocycles. The summed E-state index contributed by atoms with van der Waals surface area (Å²) in [5.41, 5.74) is 4.96. The third kappa shape index (κ3) is 7.17. The van der Waals surface area contributed by atoms with Gasteiger partial charge in [0.2, 0.25) is 0 Å². The summed E-state index contributed by atoms with van der Waals surface area (Å²) in [5, 5.41) is 22.5. The van der Waals surface area contributed by atoms with E-state index in [1.807, 2.05) is 60.7 Å². The maximum absolute atomic E-state index is 12.7. The molecule has 2 amide bonds. The minimum atomic E-state index is -0.286. The molecule has 40 heavy (non-hydrogen) atoms. The molecule has 194 valence electrons. The zero-order chi connectivity index (χ0) is 27.6. The van der Waals surface area contributed by atoms with E-state index >= 15 is 0 Å². The Bertz CT molecular complexity index is 1510. The molecule has 0 aliphatic carbocycles. The van der Waals surface area contributed by atoms with Crippen LogP contribution in [0.15, 0.2) is 154 Å². The Morgan fingerprint density at radius 2 is 0.675 bits per heavy atom. The highest BCUT2D eigenvalue weighted by atomic mass is 16.2. The second-order valence-corrected chi connectivity index (χ2v) is 8.65. The van der Waals surface area contributed by atoms with Gasteiger partial charge in [-0.15, -0.1) is 0 Å². The van der Waals surface area contributed by atoms with E-state index in [1.165, 1.54) is 0 Å². The molecule has 0 bridgehead atoms. The van der Waals surface area contributed by atoms with Crippen LogP contribution in [0.25, 0.3) is 0 Å². The van der Waals surface area contributed by atoms with Gasteiger partial charge in [0.1, 0.15) is 0 Å². The van der Waals surface area contributed by atoms with Crippen molar-refractivity contribution in [2.75, 3.05) is 10.6 Å². The number of amides is 2. The van der Waals surface area contributed by atoms with E-state index in [1.54, 1.807) is 72.8 Å². The van der Waals surface area contributed by atoms with E-state index in [4.69, 9.17) is 0 Å². The third-order valence-corrected chi connectivity index (χ3v) is 5.73. The summed E-state index contributed by atoms with van der Waals surface area (Å²) >= 11 is 0. The van der Waals surface area contributed by atoms with E-state index in [0.717, 1.165) is 11.4 Å². The lowest BCUT2D eigenvalue weighted by Gasteiger charge is -2.08. The van der Waals surface area contributed by atoms with Crippen molar-refractivity contribution in [2.45, 2.75) is 0 Å². The van der Waals surface area contributed by atoms with Crippen LogP contribution in [0, 0.1) is 0 Å². The van der Waals surface area contributed by atoms with E-state index in [0.29, 0.717) is 33.9 Å². The number of hydrogen-bond acceptors (Lipinski definition) is 6. The summed E-state index contributed by atoms with van der Waals surface area (Å²) in [5.74, 6) is -0.572. The maximum Gasteiger partial charge on any atom is 0.255 e. The average Bonchev–Trinajstić information content (AvgIpc) is 3.01. The van der Waals surface area contributed by atoms with Gasteiger partial charge in [-0.3, -0.25) is 9.59 Å². The van der Waals surface area contributed by atoms with Gasteiger partial charge in [-0.05, 0) is 97.1 Å². The molecule has 8 heteroatoms. The number of anilines is 2. The van der Waals surface area contributed by atoms with Gasteiger partial charge in [0, 0.05) is 22.5 Å². The van der Waals surface area contributed by atoms with Crippen LogP contribution in [-0.2, 0) is 0 Å². The van der Waals surface area contributed by atoms with Crippen molar-refractivity contribution in [2.24, 2.45) is 20.5 Å². The Kier molecular flexibility index (Phi) is 8.19. The molecule has 0 heterocycles. The number of carbonyl (C=O) groups excluding carboxylic acids is 2. The number of nitrogens with zero attached hydrogens (tertiary/aromatic N) is 4. The molecule has 0 fully saturated rings. The predicted octanol–water partition coefficient (Wildman–Crippen LogP) is 9.02. The Morgan fingerprint density at radius 1 is 0.375 bits per heavy atom. The summed E-state index contributed by atoms with van der Waals surface area (Å²) in [6.07, 6.45) is 0. The average molecular weight is 525 g/mol. The van der Waals surface area contributed by atoms with Crippen molar-refractivity contribution < 1.29 is 9.59 Å². The molecule has 8 nitrogen and oxygen atoms in total. The van der Waals surface area contributed by atoms with Crippen LogP contribution in [-0.4, -0.2) is 11.8 Å². The maximum atomic E-state index is 12.7. The first-order chi connectivity index (χ1) is 19.6. The Morgan fingerprint density at radius 3 is 1.00 bits per heavy atom. The van der Waals surface area contributed by atoms with Gasteiger partial charge >= 0.3 is 0 Å². The van der Waals surface area contributed by atoms with Gasteiger partial charge < -0.3 is 10.6 Å². The Labute approximate surface area is 231 Å². The predicted molar refractivity (Wildman–Crippen MR) is 156 cm³/mol. The number of rotatable bonds is 8. The molecule has 2 N–H and O–H groups in total. The van der Waals surface area contributed by atoms with Gasteiger partial charge in [0.25, 0.3) is 11.8 Å². The summed E-state index contributed by atoms with van der Waals surface area (Å²) in [7, 11) is 0. The third-order valence-electron chi connectivity index (χ3n) is 5.73. The molecule has 0 spiro atoms. The molecular weight excluding hydrogens is 500 g/mol. The van der Waals surface area contributed by atoms with Gasteiger partial charge in [-0.1, -0.05) is 36.4 Å². The number of nitrogens with one attached hydrogen (secondary N) is 2. The molecule has 0 aliphatic rings. The van der Waals surface area contributed by atoms with Crippen molar-refractivity contribution in [1.82, 2.24) is 0 Å². The van der Waals surface area contributed by atoms with Crippen LogP contribution in [0.1, 0.15) is 20.7 Å². The van der Waals surface area contributed by atoms with Gasteiger partial charge in [-0.25, -0.2) is 0 Å². The molecule has 0 unspecified atom stereocenters. The van der Waals surface area contributed by atoms with E-state index in [-0.39, 0.29) is 11.8 Å². The Hall–Kier alpha value is -5.76. The zero-order valence-electron chi connectivity index (χ0n) is 21.3. The van der Waals surface area contributed by atoms with E-state index < -0.39 is 0 Å². The molecule has 0 atom stereocenters. The van der Waals surface area contributed by atoms with Gasteiger partial charge in [0.15, 0.2) is 0 Å². The first kappa shape index (κ1) is 25.9. The van der Waals surface area contributed by atoms with Crippen molar-refractivity contribution in [3.8, 4) is 0 Å². The minimum absolute atomic E-state index is 0.286. The molecule has 0 aliphatic heterocycles. The van der Waals surface area contributed by atoms with Crippen LogP contribution in [0.3, 0.4) is 0 Å². The largest absolute Gasteiger partial charge is 0.322 e. The fraction of sp³-hybridized carbons (Fsp3) is 0. The second-order valence-electron chi connectivity index (χ2n) is 8.65. The highest BCUT2D eigenvalue weighted by Gasteiger charge is 2.10. The summed E-state index contributed by atoms with van der Waals surface area (Å²) in [6.45, 7) is 0. The van der Waals surface area contributed by atoms with E-state index in [9.17, 15) is 9.59 Å². The van der Waals surface area contributed by atoms with Crippen molar-refractivity contribution in [3.63, 3.8) is 0 Å². The summed E-state index contributed by atoms with van der Waals surface area (Å²) in [4.78, 5) is 25.4. The number of azo groups is 2. The SMILES string of the molecule is O=C(Nc1ccc(/N=N/c2ccccc2)cc1)c1ccc(C(=O)Nc2ccc(/N=N/c3ccccc3)cc2)cc1. The number of hydrogen-bond donors (Lipinski definition) is 2. The molecule has 0 saturated heterocycles. The number of carbonyl (C=O) groups is 2. The van der Waals surface area contributed by atoms with Crippen LogP contribution in [0.5, 0.6) is 0 Å². The van der Waals surface area contributed by atoms with Crippen molar-refractivity contribution in [3.05, 3.63) is 145 Å². The van der Waals surface area contributed by atoms with Crippen molar-refractivity contribution >= 4 is 45.9 Å². The monoisotopic (exact) mass is 524 g/mol. The molecule has 0 radical (unpaired) electrons. The quantitative estimate of drug-likeness (QED) is 0.198. The molecule has 5 rings (SSSR count). The molecule has 5 aromatic carbocycles. The molecular formula is C32H24N6O2. The first-order valence-electron chi connectivity index (χ1n) is 12.5. The van der Waals surface area contributed by atoms with Gasteiger partial charge in [-0.2, -0.15) is 20.5 Å².